The first kappa shape index (κ1) is 14.4. The average Bonchev–Trinajstić information content (AvgIpc) is 2.24. The lowest BCUT2D eigenvalue weighted by atomic mass is 9.75. The van der Waals surface area contributed by atoms with E-state index in [1.54, 1.807) is 6.08 Å². The van der Waals surface area contributed by atoms with Crippen molar-refractivity contribution in [3.63, 3.8) is 0 Å². The Bertz CT molecular complexity index is 372. The summed E-state index contributed by atoms with van der Waals surface area (Å²) in [6, 6.07) is 0. The summed E-state index contributed by atoms with van der Waals surface area (Å²) < 4.78 is 5.89. The molecule has 0 aromatic carbocycles. The summed E-state index contributed by atoms with van der Waals surface area (Å²) in [7, 11) is 0. The second-order valence-corrected chi connectivity index (χ2v) is 5.34. The summed E-state index contributed by atoms with van der Waals surface area (Å²) in [6.45, 7) is 6.54. The molecule has 0 aromatic heterocycles. The molecule has 0 aromatic rings. The molecule has 0 aliphatic heterocycles. The third-order valence-electron chi connectivity index (χ3n) is 3.39. The van der Waals surface area contributed by atoms with Gasteiger partial charge in [-0.25, -0.2) is 0 Å². The lowest BCUT2D eigenvalue weighted by Gasteiger charge is -2.43. The Labute approximate surface area is 107 Å². The second kappa shape index (κ2) is 5.32. The standard InChI is InChI=1S/C12H20ClN3O/c1-4-5-6-17-12(3)8-10(16-15)9(13)7-11(12,2)14/h7H,4-6,8,14H2,1-3H3. The van der Waals surface area contributed by atoms with Crippen molar-refractivity contribution in [1.29, 1.82) is 0 Å². The molecule has 1 rings (SSSR count). The van der Waals surface area contributed by atoms with Crippen LogP contribution in [0.5, 0.6) is 0 Å². The van der Waals surface area contributed by atoms with Crippen molar-refractivity contribution < 1.29 is 9.53 Å². The molecule has 17 heavy (non-hydrogen) atoms. The molecule has 0 saturated heterocycles. The Hall–Kier alpha value is -0.670. The molecule has 2 N–H and O–H groups in total. The second-order valence-electron chi connectivity index (χ2n) is 4.93. The van der Waals surface area contributed by atoms with Gasteiger partial charge in [0.1, 0.15) is 5.03 Å². The molecule has 4 nitrogen and oxygen atoms in total. The predicted octanol–water partition coefficient (Wildman–Crippen LogP) is 2.48. The van der Waals surface area contributed by atoms with E-state index in [2.05, 4.69) is 11.7 Å². The topological polar surface area (TPSA) is 71.7 Å². The van der Waals surface area contributed by atoms with Crippen molar-refractivity contribution in [3.05, 3.63) is 16.6 Å². The number of ether oxygens (including phenoxy) is 1. The number of nitrogens with two attached hydrogens (primary N) is 1. The minimum atomic E-state index is -0.675. The van der Waals surface area contributed by atoms with Crippen molar-refractivity contribution in [1.82, 2.24) is 0 Å². The van der Waals surface area contributed by atoms with E-state index in [-0.39, 0.29) is 0 Å². The highest BCUT2D eigenvalue weighted by molar-refractivity contribution is 6.43. The Morgan fingerprint density at radius 1 is 1.59 bits per heavy atom. The number of halogens is 1. The van der Waals surface area contributed by atoms with Crippen LogP contribution in [-0.2, 0) is 4.74 Å². The molecule has 0 spiro atoms. The van der Waals surface area contributed by atoms with Crippen LogP contribution in [0.3, 0.4) is 0 Å². The first-order chi connectivity index (χ1) is 7.86. The first-order valence-electron chi connectivity index (χ1n) is 5.89. The van der Waals surface area contributed by atoms with Gasteiger partial charge in [-0.15, -0.1) is 0 Å². The highest BCUT2D eigenvalue weighted by Gasteiger charge is 2.49. The van der Waals surface area contributed by atoms with Crippen LogP contribution in [0.25, 0.3) is 5.53 Å². The molecule has 5 heteroatoms. The Kier molecular flexibility index (Phi) is 4.50. The van der Waals surface area contributed by atoms with Gasteiger partial charge in [-0.05, 0) is 26.3 Å². The van der Waals surface area contributed by atoms with Crippen LogP contribution in [0.4, 0.5) is 0 Å². The summed E-state index contributed by atoms with van der Waals surface area (Å²) in [6.07, 6.45) is 4.15. The Morgan fingerprint density at radius 2 is 2.24 bits per heavy atom. The number of hydrogen-bond donors (Lipinski definition) is 1. The van der Waals surface area contributed by atoms with Crippen molar-refractivity contribution in [2.75, 3.05) is 6.61 Å². The van der Waals surface area contributed by atoms with Crippen LogP contribution in [0.2, 0.25) is 0 Å². The fourth-order valence-electron chi connectivity index (χ4n) is 1.83. The predicted molar refractivity (Wildman–Crippen MR) is 69.0 cm³/mol. The number of rotatable bonds is 4. The summed E-state index contributed by atoms with van der Waals surface area (Å²) in [5, 5.41) is 0.397. The highest BCUT2D eigenvalue weighted by atomic mass is 35.5. The van der Waals surface area contributed by atoms with Crippen LogP contribution >= 0.6 is 11.6 Å². The van der Waals surface area contributed by atoms with Gasteiger partial charge in [0, 0.05) is 6.61 Å². The molecule has 0 saturated carbocycles. The molecule has 0 bridgehead atoms. The molecule has 1 aliphatic carbocycles. The van der Waals surface area contributed by atoms with Crippen LogP contribution in [0, 0.1) is 0 Å². The van der Waals surface area contributed by atoms with Crippen molar-refractivity contribution >= 4 is 17.3 Å². The number of hydrogen-bond acceptors (Lipinski definition) is 2. The van der Waals surface area contributed by atoms with E-state index < -0.39 is 11.1 Å². The van der Waals surface area contributed by atoms with Crippen LogP contribution in [0.1, 0.15) is 40.0 Å². The highest BCUT2D eigenvalue weighted by Crippen LogP contribution is 2.36. The molecule has 0 radical (unpaired) electrons. The molecule has 1 aliphatic rings. The molecular weight excluding hydrogens is 238 g/mol. The maximum absolute atomic E-state index is 8.90. The van der Waals surface area contributed by atoms with Gasteiger partial charge in [0.2, 0.25) is 0 Å². The van der Waals surface area contributed by atoms with E-state index in [0.717, 1.165) is 12.8 Å². The van der Waals surface area contributed by atoms with Crippen molar-refractivity contribution in [2.45, 2.75) is 51.2 Å². The summed E-state index contributed by atoms with van der Waals surface area (Å²) in [5.74, 6) is 0. The van der Waals surface area contributed by atoms with Crippen LogP contribution in [0.15, 0.2) is 11.1 Å². The summed E-state index contributed by atoms with van der Waals surface area (Å²) in [4.78, 5) is 3.20. The van der Waals surface area contributed by atoms with E-state index >= 15 is 0 Å². The van der Waals surface area contributed by atoms with Crippen molar-refractivity contribution in [2.24, 2.45) is 5.73 Å². The van der Waals surface area contributed by atoms with Gasteiger partial charge in [-0.1, -0.05) is 24.9 Å². The summed E-state index contributed by atoms with van der Waals surface area (Å²) in [5.41, 5.74) is 14.3. The van der Waals surface area contributed by atoms with E-state index in [9.17, 15) is 0 Å². The van der Waals surface area contributed by atoms with Crippen molar-refractivity contribution in [3.8, 4) is 0 Å². The van der Waals surface area contributed by atoms with Gasteiger partial charge in [-0.3, -0.25) is 0 Å². The van der Waals surface area contributed by atoms with E-state index in [1.165, 1.54) is 0 Å². The molecule has 2 atom stereocenters. The fourth-order valence-corrected chi connectivity index (χ4v) is 2.16. The zero-order valence-electron chi connectivity index (χ0n) is 10.7. The molecular formula is C12H20ClN3O. The quantitative estimate of drug-likeness (QED) is 0.477. The molecule has 0 heterocycles. The number of nitrogens with zero attached hydrogens (tertiary/aromatic N) is 2. The van der Waals surface area contributed by atoms with Gasteiger partial charge < -0.3 is 16.0 Å². The normalized spacial score (nSPS) is 33.2. The zero-order valence-corrected chi connectivity index (χ0v) is 11.4. The van der Waals surface area contributed by atoms with Gasteiger partial charge in [0.15, 0.2) is 0 Å². The number of unbranched alkanes of at least 4 members (excludes halogenated alkanes) is 1. The molecule has 0 amide bonds. The van der Waals surface area contributed by atoms with Gasteiger partial charge >= 0.3 is 5.71 Å². The van der Waals surface area contributed by atoms with Gasteiger partial charge in [0.25, 0.3) is 0 Å². The monoisotopic (exact) mass is 257 g/mol. The third kappa shape index (κ3) is 2.96. The average molecular weight is 258 g/mol. The molecule has 2 unspecified atom stereocenters. The third-order valence-corrected chi connectivity index (χ3v) is 3.71. The molecule has 0 fully saturated rings. The van der Waals surface area contributed by atoms with Crippen LogP contribution in [-0.4, -0.2) is 28.2 Å². The SMILES string of the molecule is CCCCOC1(C)CC(=[N+]=[N-])C(Cl)=CC1(C)N. The Balaban J connectivity index is 2.95. The van der Waals surface area contributed by atoms with Gasteiger partial charge in [0.05, 0.1) is 17.6 Å². The first-order valence-corrected chi connectivity index (χ1v) is 6.26. The van der Waals surface area contributed by atoms with E-state index in [1.807, 2.05) is 13.8 Å². The van der Waals surface area contributed by atoms with E-state index in [0.29, 0.717) is 23.8 Å². The summed E-state index contributed by atoms with van der Waals surface area (Å²) >= 11 is 5.99. The Morgan fingerprint density at radius 3 is 2.76 bits per heavy atom. The lowest BCUT2D eigenvalue weighted by molar-refractivity contribution is -0.0777. The number of allylic oxidation sites excluding steroid dienone is 1. The minimum Gasteiger partial charge on any atom is -0.372 e. The zero-order chi connectivity index (χ0) is 13.1. The van der Waals surface area contributed by atoms with E-state index in [4.69, 9.17) is 27.6 Å². The smallest absolute Gasteiger partial charge is 0.313 e. The lowest BCUT2D eigenvalue weighted by Crippen LogP contribution is -2.60. The maximum atomic E-state index is 8.90. The van der Waals surface area contributed by atoms with Crippen LogP contribution < -0.4 is 5.73 Å². The fraction of sp³-hybridized carbons (Fsp3) is 0.750. The van der Waals surface area contributed by atoms with Gasteiger partial charge in [-0.2, -0.15) is 4.79 Å². The largest absolute Gasteiger partial charge is 0.372 e. The maximum Gasteiger partial charge on any atom is 0.313 e. The molecule has 96 valence electrons. The minimum absolute atomic E-state index is 0.397.